The van der Waals surface area contributed by atoms with Crippen molar-refractivity contribution in [2.24, 2.45) is 11.7 Å². The van der Waals surface area contributed by atoms with Gasteiger partial charge in [0.15, 0.2) is 5.78 Å². The van der Waals surface area contributed by atoms with Crippen LogP contribution in [0.15, 0.2) is 18.2 Å². The molecule has 0 saturated heterocycles. The lowest BCUT2D eigenvalue weighted by molar-refractivity contribution is -0.125. The van der Waals surface area contributed by atoms with E-state index in [1.807, 2.05) is 25.1 Å². The zero-order valence-electron chi connectivity index (χ0n) is 11.7. The summed E-state index contributed by atoms with van der Waals surface area (Å²) in [7, 11) is 0. The van der Waals surface area contributed by atoms with E-state index >= 15 is 0 Å². The maximum absolute atomic E-state index is 12.5. The Labute approximate surface area is 120 Å². The number of ketones is 1. The van der Waals surface area contributed by atoms with Gasteiger partial charge in [-0.2, -0.15) is 0 Å². The van der Waals surface area contributed by atoms with E-state index in [-0.39, 0.29) is 5.78 Å². The van der Waals surface area contributed by atoms with Crippen LogP contribution in [0.2, 0.25) is 5.02 Å². The molecule has 0 amide bonds. The Morgan fingerprint density at radius 3 is 2.89 bits per heavy atom. The van der Waals surface area contributed by atoms with Crippen LogP contribution in [0.4, 0.5) is 0 Å². The molecule has 2 atom stereocenters. The fraction of sp³-hybridized carbons (Fsp3) is 0.562. The Balaban J connectivity index is 2.12. The lowest BCUT2D eigenvalue weighted by Crippen LogP contribution is -2.51. The molecule has 1 saturated carbocycles. The van der Waals surface area contributed by atoms with Gasteiger partial charge < -0.3 is 5.73 Å². The maximum Gasteiger partial charge on any atom is 0.157 e. The number of hydrogen-bond acceptors (Lipinski definition) is 2. The van der Waals surface area contributed by atoms with Gasteiger partial charge in [-0.3, -0.25) is 4.79 Å². The third-order valence-corrected chi connectivity index (χ3v) is 4.50. The minimum Gasteiger partial charge on any atom is -0.319 e. The van der Waals surface area contributed by atoms with Crippen LogP contribution in [-0.4, -0.2) is 11.3 Å². The van der Waals surface area contributed by atoms with Crippen molar-refractivity contribution in [3.63, 3.8) is 0 Å². The molecule has 3 heteroatoms. The Hall–Kier alpha value is -0.860. The standard InChI is InChI=1S/C16H22ClNO/c1-11-5-6-13(14(17)8-11)9-15(19)16(18)7-3-4-12(2)10-16/h5-6,8,12H,3-4,7,9-10,18H2,1-2H3. The van der Waals surface area contributed by atoms with Gasteiger partial charge in [0.1, 0.15) is 0 Å². The average molecular weight is 280 g/mol. The van der Waals surface area contributed by atoms with Gasteiger partial charge in [-0.1, -0.05) is 43.5 Å². The second-order valence-electron chi connectivity index (χ2n) is 6.05. The lowest BCUT2D eigenvalue weighted by Gasteiger charge is -2.35. The molecule has 1 aromatic carbocycles. The summed E-state index contributed by atoms with van der Waals surface area (Å²) in [6.45, 7) is 4.16. The molecular formula is C16H22ClNO. The normalized spacial score (nSPS) is 27.3. The molecule has 0 heterocycles. The van der Waals surface area contributed by atoms with E-state index in [0.29, 0.717) is 17.4 Å². The number of hydrogen-bond donors (Lipinski definition) is 1. The first-order chi connectivity index (χ1) is 8.90. The number of nitrogens with two attached hydrogens (primary N) is 1. The SMILES string of the molecule is Cc1ccc(CC(=O)C2(N)CCCC(C)C2)c(Cl)c1. The molecule has 0 aromatic heterocycles. The van der Waals surface area contributed by atoms with Crippen molar-refractivity contribution >= 4 is 17.4 Å². The number of benzene rings is 1. The predicted octanol–water partition coefficient (Wildman–Crippen LogP) is 3.67. The van der Waals surface area contributed by atoms with Crippen LogP contribution in [0.5, 0.6) is 0 Å². The van der Waals surface area contributed by atoms with Crippen LogP contribution in [0.25, 0.3) is 0 Å². The lowest BCUT2D eigenvalue weighted by atomic mass is 9.73. The Kier molecular flexibility index (Phi) is 4.32. The van der Waals surface area contributed by atoms with E-state index in [4.69, 9.17) is 17.3 Å². The molecule has 0 bridgehead atoms. The molecule has 2 N–H and O–H groups in total. The molecular weight excluding hydrogens is 258 g/mol. The van der Waals surface area contributed by atoms with Gasteiger partial charge in [0, 0.05) is 11.4 Å². The van der Waals surface area contributed by atoms with Crippen molar-refractivity contribution in [2.75, 3.05) is 0 Å². The number of carbonyl (C=O) groups is 1. The third kappa shape index (κ3) is 3.37. The molecule has 2 nitrogen and oxygen atoms in total. The Morgan fingerprint density at radius 2 is 2.26 bits per heavy atom. The quantitative estimate of drug-likeness (QED) is 0.917. The van der Waals surface area contributed by atoms with Crippen LogP contribution in [0.3, 0.4) is 0 Å². The zero-order valence-corrected chi connectivity index (χ0v) is 12.5. The summed E-state index contributed by atoms with van der Waals surface area (Å²) >= 11 is 6.19. The highest BCUT2D eigenvalue weighted by Gasteiger charge is 2.37. The van der Waals surface area contributed by atoms with Gasteiger partial charge in [0.05, 0.1) is 5.54 Å². The molecule has 19 heavy (non-hydrogen) atoms. The van der Waals surface area contributed by atoms with Crippen molar-refractivity contribution in [1.82, 2.24) is 0 Å². The van der Waals surface area contributed by atoms with Crippen LogP contribution in [0.1, 0.15) is 43.7 Å². The van der Waals surface area contributed by atoms with E-state index in [0.717, 1.165) is 30.4 Å². The second-order valence-corrected chi connectivity index (χ2v) is 6.46. The summed E-state index contributed by atoms with van der Waals surface area (Å²) in [4.78, 5) is 12.5. The summed E-state index contributed by atoms with van der Waals surface area (Å²) in [5.74, 6) is 0.668. The van der Waals surface area contributed by atoms with Crippen molar-refractivity contribution in [3.05, 3.63) is 34.3 Å². The second kappa shape index (κ2) is 5.64. The van der Waals surface area contributed by atoms with Gasteiger partial charge in [-0.05, 0) is 42.9 Å². The van der Waals surface area contributed by atoms with Crippen molar-refractivity contribution < 1.29 is 4.79 Å². The highest BCUT2D eigenvalue weighted by molar-refractivity contribution is 6.31. The molecule has 1 aliphatic carbocycles. The summed E-state index contributed by atoms with van der Waals surface area (Å²) in [6, 6.07) is 5.82. The summed E-state index contributed by atoms with van der Waals surface area (Å²) in [5.41, 5.74) is 7.68. The highest BCUT2D eigenvalue weighted by atomic mass is 35.5. The first-order valence-electron chi connectivity index (χ1n) is 6.98. The van der Waals surface area contributed by atoms with Crippen LogP contribution < -0.4 is 5.73 Å². The monoisotopic (exact) mass is 279 g/mol. The predicted molar refractivity (Wildman–Crippen MR) is 79.5 cm³/mol. The first kappa shape index (κ1) is 14.5. The maximum atomic E-state index is 12.5. The highest BCUT2D eigenvalue weighted by Crippen LogP contribution is 2.32. The largest absolute Gasteiger partial charge is 0.319 e. The van der Waals surface area contributed by atoms with Gasteiger partial charge in [-0.25, -0.2) is 0 Å². The molecule has 0 aliphatic heterocycles. The van der Waals surface area contributed by atoms with Gasteiger partial charge in [0.25, 0.3) is 0 Å². The topological polar surface area (TPSA) is 43.1 Å². The number of Topliss-reactive ketones (excluding diaryl/α,β-unsaturated/α-hetero) is 1. The van der Waals surface area contributed by atoms with Crippen molar-refractivity contribution in [3.8, 4) is 0 Å². The number of rotatable bonds is 3. The van der Waals surface area contributed by atoms with Crippen LogP contribution in [0, 0.1) is 12.8 Å². The number of halogens is 1. The van der Waals surface area contributed by atoms with Crippen molar-refractivity contribution in [1.29, 1.82) is 0 Å². The molecule has 1 aromatic rings. The fourth-order valence-electron chi connectivity index (χ4n) is 2.99. The number of carbonyl (C=O) groups excluding carboxylic acids is 1. The third-order valence-electron chi connectivity index (χ3n) is 4.15. The number of aryl methyl sites for hydroxylation is 1. The molecule has 0 radical (unpaired) electrons. The van der Waals surface area contributed by atoms with E-state index in [1.54, 1.807) is 0 Å². The molecule has 2 rings (SSSR count). The van der Waals surface area contributed by atoms with Gasteiger partial charge in [-0.15, -0.1) is 0 Å². The van der Waals surface area contributed by atoms with E-state index in [1.165, 1.54) is 6.42 Å². The molecule has 0 spiro atoms. The van der Waals surface area contributed by atoms with E-state index < -0.39 is 5.54 Å². The molecule has 104 valence electrons. The molecule has 2 unspecified atom stereocenters. The summed E-state index contributed by atoms with van der Waals surface area (Å²) in [6.07, 6.45) is 4.18. The molecule has 1 aliphatic rings. The van der Waals surface area contributed by atoms with Gasteiger partial charge in [0.2, 0.25) is 0 Å². The summed E-state index contributed by atoms with van der Waals surface area (Å²) in [5, 5.41) is 0.667. The average Bonchev–Trinajstić information content (AvgIpc) is 2.32. The van der Waals surface area contributed by atoms with Crippen LogP contribution in [-0.2, 0) is 11.2 Å². The zero-order chi connectivity index (χ0) is 14.0. The molecule has 1 fully saturated rings. The Bertz CT molecular complexity index is 486. The van der Waals surface area contributed by atoms with Crippen molar-refractivity contribution in [2.45, 2.75) is 51.5 Å². The van der Waals surface area contributed by atoms with Gasteiger partial charge >= 0.3 is 0 Å². The summed E-state index contributed by atoms with van der Waals surface area (Å²) < 4.78 is 0. The fourth-order valence-corrected chi connectivity index (χ4v) is 3.29. The minimum atomic E-state index is -0.647. The Morgan fingerprint density at radius 1 is 1.53 bits per heavy atom. The van der Waals surface area contributed by atoms with Crippen LogP contribution >= 0.6 is 11.6 Å². The minimum absolute atomic E-state index is 0.129. The van der Waals surface area contributed by atoms with E-state index in [2.05, 4.69) is 6.92 Å². The van der Waals surface area contributed by atoms with E-state index in [9.17, 15) is 4.79 Å². The first-order valence-corrected chi connectivity index (χ1v) is 7.36. The smallest absolute Gasteiger partial charge is 0.157 e.